The fraction of sp³-hybridized carbons (Fsp3) is 0.462. The van der Waals surface area contributed by atoms with Gasteiger partial charge in [0.25, 0.3) is 0 Å². The van der Waals surface area contributed by atoms with Crippen molar-refractivity contribution in [2.45, 2.75) is 25.7 Å². The molecule has 0 atom stereocenters. The van der Waals surface area contributed by atoms with Crippen LogP contribution in [0, 0.1) is 6.92 Å². The van der Waals surface area contributed by atoms with E-state index in [-0.39, 0.29) is 23.9 Å². The number of hydrogen-bond donors (Lipinski definition) is 2. The number of hydrogen-bond acceptors (Lipinski definition) is 4. The Kier molecular flexibility index (Phi) is 5.52. The second kappa shape index (κ2) is 6.71. The number of sulfonamides is 1. The highest BCUT2D eigenvalue weighted by Crippen LogP contribution is 2.21. The zero-order valence-corrected chi connectivity index (χ0v) is 12.8. The molecule has 0 fully saturated rings. The number of carbonyl (C=O) groups excluding carboxylic acids is 1. The Hall–Kier alpha value is -1.60. The molecule has 0 aromatic heterocycles. The Labute approximate surface area is 120 Å². The first-order valence-electron chi connectivity index (χ1n) is 6.45. The molecule has 0 heterocycles. The van der Waals surface area contributed by atoms with Crippen molar-refractivity contribution in [3.8, 4) is 0 Å². The van der Waals surface area contributed by atoms with Crippen molar-refractivity contribution in [3.63, 3.8) is 0 Å². The normalized spacial score (nSPS) is 11.6. The molecule has 1 rings (SSSR count). The first-order valence-corrected chi connectivity index (χ1v) is 7.89. The molecule has 1 amide bonds. The number of rotatable bonds is 6. The monoisotopic (exact) mass is 299 g/mol. The first-order chi connectivity index (χ1) is 9.32. The van der Waals surface area contributed by atoms with Crippen LogP contribution >= 0.6 is 0 Å². The van der Waals surface area contributed by atoms with Crippen LogP contribution in [0.4, 0.5) is 5.69 Å². The Morgan fingerprint density at radius 1 is 1.35 bits per heavy atom. The van der Waals surface area contributed by atoms with Gasteiger partial charge in [-0.25, -0.2) is 8.42 Å². The molecule has 6 nitrogen and oxygen atoms in total. The molecule has 7 heteroatoms. The topological polar surface area (TPSA) is 92.5 Å². The lowest BCUT2D eigenvalue weighted by atomic mass is 10.2. The molecule has 0 unspecified atom stereocenters. The third-order valence-electron chi connectivity index (χ3n) is 2.86. The largest absolute Gasteiger partial charge is 0.399 e. The van der Waals surface area contributed by atoms with Crippen LogP contribution in [0.3, 0.4) is 0 Å². The minimum Gasteiger partial charge on any atom is -0.399 e. The van der Waals surface area contributed by atoms with Gasteiger partial charge in [-0.1, -0.05) is 6.92 Å². The SMILES string of the molecule is CCNC(=O)CN(CC)S(=O)(=O)c1ccc(N)cc1C. The fourth-order valence-electron chi connectivity index (χ4n) is 1.88. The van der Waals surface area contributed by atoms with E-state index in [2.05, 4.69) is 5.32 Å². The number of nitrogens with one attached hydrogen (secondary N) is 1. The summed E-state index contributed by atoms with van der Waals surface area (Å²) in [5.41, 5.74) is 6.70. The van der Waals surface area contributed by atoms with Crippen molar-refractivity contribution in [1.82, 2.24) is 9.62 Å². The van der Waals surface area contributed by atoms with E-state index >= 15 is 0 Å². The third kappa shape index (κ3) is 3.71. The van der Waals surface area contributed by atoms with Crippen molar-refractivity contribution in [2.75, 3.05) is 25.4 Å². The average Bonchev–Trinajstić information content (AvgIpc) is 2.35. The molecule has 0 saturated carbocycles. The van der Waals surface area contributed by atoms with Gasteiger partial charge < -0.3 is 11.1 Å². The van der Waals surface area contributed by atoms with E-state index in [4.69, 9.17) is 5.73 Å². The quantitative estimate of drug-likeness (QED) is 0.757. The van der Waals surface area contributed by atoms with E-state index in [1.165, 1.54) is 6.07 Å². The molecule has 0 saturated heterocycles. The first kappa shape index (κ1) is 16.5. The molecular weight excluding hydrogens is 278 g/mol. The summed E-state index contributed by atoms with van der Waals surface area (Å²) in [7, 11) is -3.70. The third-order valence-corrected chi connectivity index (χ3v) is 4.94. The van der Waals surface area contributed by atoms with Gasteiger partial charge in [-0.05, 0) is 37.6 Å². The van der Waals surface area contributed by atoms with Crippen molar-refractivity contribution < 1.29 is 13.2 Å². The molecule has 20 heavy (non-hydrogen) atoms. The summed E-state index contributed by atoms with van der Waals surface area (Å²) in [6.07, 6.45) is 0. The lowest BCUT2D eigenvalue weighted by Crippen LogP contribution is -2.40. The lowest BCUT2D eigenvalue weighted by Gasteiger charge is -2.21. The summed E-state index contributed by atoms with van der Waals surface area (Å²) in [6, 6.07) is 4.62. The number of aryl methyl sites for hydroxylation is 1. The summed E-state index contributed by atoms with van der Waals surface area (Å²) < 4.78 is 26.2. The van der Waals surface area contributed by atoms with Crippen molar-refractivity contribution in [1.29, 1.82) is 0 Å². The summed E-state index contributed by atoms with van der Waals surface area (Å²) in [4.78, 5) is 11.8. The maximum Gasteiger partial charge on any atom is 0.243 e. The van der Waals surface area contributed by atoms with Crippen LogP contribution in [-0.2, 0) is 14.8 Å². The number of nitrogens with zero attached hydrogens (tertiary/aromatic N) is 1. The predicted octanol–water partition coefficient (Wildman–Crippen LogP) is 0.724. The van der Waals surface area contributed by atoms with Crippen LogP contribution < -0.4 is 11.1 Å². The van der Waals surface area contributed by atoms with Gasteiger partial charge in [-0.3, -0.25) is 4.79 Å². The van der Waals surface area contributed by atoms with Gasteiger partial charge in [0, 0.05) is 18.8 Å². The molecule has 1 aromatic rings. The number of likely N-dealkylation sites (N-methyl/N-ethyl adjacent to an activating group) is 2. The average molecular weight is 299 g/mol. The predicted molar refractivity (Wildman–Crippen MR) is 78.7 cm³/mol. The smallest absolute Gasteiger partial charge is 0.243 e. The molecule has 0 aliphatic heterocycles. The minimum absolute atomic E-state index is 0.179. The van der Waals surface area contributed by atoms with Gasteiger partial charge in [-0.15, -0.1) is 0 Å². The van der Waals surface area contributed by atoms with Gasteiger partial charge in [0.15, 0.2) is 0 Å². The zero-order valence-electron chi connectivity index (χ0n) is 12.0. The highest BCUT2D eigenvalue weighted by atomic mass is 32.2. The molecule has 0 aliphatic carbocycles. The highest BCUT2D eigenvalue weighted by molar-refractivity contribution is 7.89. The van der Waals surface area contributed by atoms with Crippen molar-refractivity contribution >= 4 is 21.6 Å². The van der Waals surface area contributed by atoms with E-state index in [0.717, 1.165) is 4.31 Å². The lowest BCUT2D eigenvalue weighted by molar-refractivity contribution is -0.121. The summed E-state index contributed by atoms with van der Waals surface area (Å²) in [5, 5.41) is 2.59. The number of nitrogens with two attached hydrogens (primary N) is 1. The van der Waals surface area contributed by atoms with Crippen LogP contribution in [-0.4, -0.2) is 38.3 Å². The Bertz CT molecular complexity index is 585. The Balaban J connectivity index is 3.09. The van der Waals surface area contributed by atoms with E-state index in [1.807, 2.05) is 0 Å². The molecule has 0 spiro atoms. The van der Waals surface area contributed by atoms with Crippen LogP contribution in [0.5, 0.6) is 0 Å². The van der Waals surface area contributed by atoms with Crippen LogP contribution in [0.1, 0.15) is 19.4 Å². The van der Waals surface area contributed by atoms with Gasteiger partial charge in [-0.2, -0.15) is 4.31 Å². The van der Waals surface area contributed by atoms with E-state index in [9.17, 15) is 13.2 Å². The summed E-state index contributed by atoms with van der Waals surface area (Å²) in [6.45, 7) is 5.68. The molecule has 3 N–H and O–H groups in total. The summed E-state index contributed by atoms with van der Waals surface area (Å²) in [5.74, 6) is -0.314. The second-order valence-corrected chi connectivity index (χ2v) is 6.32. The number of carbonyl (C=O) groups is 1. The van der Waals surface area contributed by atoms with Gasteiger partial charge in [0.05, 0.1) is 11.4 Å². The number of anilines is 1. The van der Waals surface area contributed by atoms with Gasteiger partial charge in [0.1, 0.15) is 0 Å². The number of nitrogen functional groups attached to an aromatic ring is 1. The number of benzene rings is 1. The maximum absolute atomic E-state index is 12.5. The molecule has 0 radical (unpaired) electrons. The summed E-state index contributed by atoms with van der Waals surface area (Å²) >= 11 is 0. The van der Waals surface area contributed by atoms with Crippen molar-refractivity contribution in [3.05, 3.63) is 23.8 Å². The van der Waals surface area contributed by atoms with Crippen LogP contribution in [0.15, 0.2) is 23.1 Å². The van der Waals surface area contributed by atoms with Crippen molar-refractivity contribution in [2.24, 2.45) is 0 Å². The van der Waals surface area contributed by atoms with Gasteiger partial charge in [0.2, 0.25) is 15.9 Å². The second-order valence-electron chi connectivity index (χ2n) is 4.41. The van der Waals surface area contributed by atoms with Gasteiger partial charge >= 0.3 is 0 Å². The standard InChI is InChI=1S/C13H21N3O3S/c1-4-15-13(17)9-16(5-2)20(18,19)12-7-6-11(14)8-10(12)3/h6-8H,4-5,9,14H2,1-3H3,(H,15,17). The van der Waals surface area contributed by atoms with Crippen LogP contribution in [0.25, 0.3) is 0 Å². The fourth-order valence-corrected chi connectivity index (χ4v) is 3.49. The molecule has 1 aromatic carbocycles. The maximum atomic E-state index is 12.5. The zero-order chi connectivity index (χ0) is 15.3. The highest BCUT2D eigenvalue weighted by Gasteiger charge is 2.26. The molecular formula is C13H21N3O3S. The minimum atomic E-state index is -3.70. The molecule has 0 aliphatic rings. The Morgan fingerprint density at radius 2 is 2.00 bits per heavy atom. The molecule has 0 bridgehead atoms. The number of amides is 1. The van der Waals surface area contributed by atoms with E-state index < -0.39 is 10.0 Å². The van der Waals surface area contributed by atoms with Crippen LogP contribution in [0.2, 0.25) is 0 Å². The van der Waals surface area contributed by atoms with E-state index in [0.29, 0.717) is 17.8 Å². The van der Waals surface area contributed by atoms with E-state index in [1.54, 1.807) is 32.9 Å². The molecule has 112 valence electrons. The Morgan fingerprint density at radius 3 is 2.50 bits per heavy atom.